The molecule has 2 atom stereocenters. The number of halogens is 1. The van der Waals surface area contributed by atoms with E-state index in [0.717, 1.165) is 0 Å². The van der Waals surface area contributed by atoms with Gasteiger partial charge in [0, 0.05) is 0 Å². The summed E-state index contributed by atoms with van der Waals surface area (Å²) >= 11 is 5.82. The Morgan fingerprint density at radius 3 is 2.44 bits per heavy atom. The van der Waals surface area contributed by atoms with Crippen LogP contribution in [-0.4, -0.2) is 35.3 Å². The van der Waals surface area contributed by atoms with Gasteiger partial charge in [-0.15, -0.1) is 0 Å². The summed E-state index contributed by atoms with van der Waals surface area (Å²) in [7, 11) is 1.21. The second-order valence-electron chi connectivity index (χ2n) is 3.52. The molecule has 1 amide bonds. The van der Waals surface area contributed by atoms with E-state index in [-0.39, 0.29) is 16.1 Å². The lowest BCUT2D eigenvalue weighted by molar-refractivity contribution is -0.131. The van der Waals surface area contributed by atoms with Crippen LogP contribution in [-0.2, 0) is 9.53 Å². The number of hydrogen-bond acceptors (Lipinski definition) is 5. The van der Waals surface area contributed by atoms with Gasteiger partial charge in [-0.05, 0) is 17.7 Å². The van der Waals surface area contributed by atoms with Crippen LogP contribution in [0.25, 0.3) is 0 Å². The molecule has 0 aliphatic carbocycles. The molecule has 0 aromatic heterocycles. The average molecular weight is 274 g/mol. The number of primary amides is 1. The number of esters is 1. The van der Waals surface area contributed by atoms with E-state index in [9.17, 15) is 19.8 Å². The van der Waals surface area contributed by atoms with Gasteiger partial charge in [-0.1, -0.05) is 17.7 Å². The summed E-state index contributed by atoms with van der Waals surface area (Å²) in [6.45, 7) is 0. The summed E-state index contributed by atoms with van der Waals surface area (Å²) in [4.78, 5) is 22.0. The average Bonchev–Trinajstić information content (AvgIpc) is 2.35. The van der Waals surface area contributed by atoms with Gasteiger partial charge in [-0.3, -0.25) is 4.79 Å². The number of aliphatic hydroxyl groups is 2. The maximum Gasteiger partial charge on any atom is 0.339 e. The van der Waals surface area contributed by atoms with Crippen molar-refractivity contribution >= 4 is 23.5 Å². The number of ether oxygens (including phenoxy) is 1. The van der Waals surface area contributed by atoms with E-state index in [0.29, 0.717) is 0 Å². The SMILES string of the molecule is COC(=O)c1ccc(C(O)C(O)C(N)=O)cc1Cl. The highest BCUT2D eigenvalue weighted by atomic mass is 35.5. The molecule has 1 aromatic carbocycles. The Kier molecular flexibility index (Phi) is 4.66. The predicted molar refractivity (Wildman–Crippen MR) is 63.0 cm³/mol. The van der Waals surface area contributed by atoms with Crippen molar-refractivity contribution in [3.05, 3.63) is 34.3 Å². The van der Waals surface area contributed by atoms with E-state index >= 15 is 0 Å². The second kappa shape index (κ2) is 5.81. The zero-order chi connectivity index (χ0) is 13.9. The number of hydrogen-bond donors (Lipinski definition) is 3. The van der Waals surface area contributed by atoms with Crippen molar-refractivity contribution < 1.29 is 24.5 Å². The lowest BCUT2D eigenvalue weighted by atomic mass is 10.0. The molecule has 0 aliphatic rings. The molecule has 1 rings (SSSR count). The first-order valence-corrected chi connectivity index (χ1v) is 5.29. The lowest BCUT2D eigenvalue weighted by Gasteiger charge is -2.15. The minimum Gasteiger partial charge on any atom is -0.465 e. The van der Waals surface area contributed by atoms with Crippen LogP contribution < -0.4 is 5.73 Å². The van der Waals surface area contributed by atoms with Crippen LogP contribution in [0.1, 0.15) is 22.0 Å². The summed E-state index contributed by atoms with van der Waals surface area (Å²) in [5, 5.41) is 19.0. The first-order chi connectivity index (χ1) is 8.38. The van der Waals surface area contributed by atoms with Crippen LogP contribution in [0.4, 0.5) is 0 Å². The van der Waals surface area contributed by atoms with Crippen molar-refractivity contribution in [2.24, 2.45) is 5.73 Å². The highest BCUT2D eigenvalue weighted by molar-refractivity contribution is 6.33. The number of aliphatic hydroxyl groups excluding tert-OH is 2. The van der Waals surface area contributed by atoms with E-state index in [1.807, 2.05) is 0 Å². The molecule has 0 saturated heterocycles. The molecule has 2 unspecified atom stereocenters. The molecule has 1 aromatic rings. The van der Waals surface area contributed by atoms with Gasteiger partial charge in [0.1, 0.15) is 6.10 Å². The third kappa shape index (κ3) is 2.98. The van der Waals surface area contributed by atoms with Crippen LogP contribution in [0.15, 0.2) is 18.2 Å². The van der Waals surface area contributed by atoms with Gasteiger partial charge < -0.3 is 20.7 Å². The fraction of sp³-hybridized carbons (Fsp3) is 0.273. The van der Waals surface area contributed by atoms with E-state index in [1.165, 1.54) is 25.3 Å². The van der Waals surface area contributed by atoms with Gasteiger partial charge in [0.15, 0.2) is 6.10 Å². The lowest BCUT2D eigenvalue weighted by Crippen LogP contribution is -2.33. The minimum atomic E-state index is -1.75. The first-order valence-electron chi connectivity index (χ1n) is 4.91. The Labute approximate surface area is 108 Å². The Morgan fingerprint density at radius 1 is 1.39 bits per heavy atom. The fourth-order valence-corrected chi connectivity index (χ4v) is 1.59. The number of rotatable bonds is 4. The molecule has 0 fully saturated rings. The quantitative estimate of drug-likeness (QED) is 0.669. The molecule has 0 bridgehead atoms. The van der Waals surface area contributed by atoms with E-state index in [2.05, 4.69) is 4.74 Å². The second-order valence-corrected chi connectivity index (χ2v) is 3.93. The molecule has 6 nitrogen and oxygen atoms in total. The summed E-state index contributed by atoms with van der Waals surface area (Å²) in [5.74, 6) is -1.69. The smallest absolute Gasteiger partial charge is 0.339 e. The van der Waals surface area contributed by atoms with Gasteiger partial charge in [0.2, 0.25) is 5.91 Å². The van der Waals surface area contributed by atoms with Gasteiger partial charge in [0.05, 0.1) is 17.7 Å². The summed E-state index contributed by atoms with van der Waals surface area (Å²) in [6.07, 6.45) is -3.25. The Balaban J connectivity index is 3.04. The number of benzene rings is 1. The van der Waals surface area contributed by atoms with Gasteiger partial charge >= 0.3 is 5.97 Å². The van der Waals surface area contributed by atoms with Crippen molar-refractivity contribution in [2.45, 2.75) is 12.2 Å². The van der Waals surface area contributed by atoms with E-state index < -0.39 is 24.1 Å². The highest BCUT2D eigenvalue weighted by Crippen LogP contribution is 2.24. The molecular formula is C11H12ClNO5. The van der Waals surface area contributed by atoms with Gasteiger partial charge in [-0.2, -0.15) is 0 Å². The number of carbonyl (C=O) groups excluding carboxylic acids is 2. The topological polar surface area (TPSA) is 110 Å². The molecule has 0 heterocycles. The number of nitrogens with two attached hydrogens (primary N) is 1. The fourth-order valence-electron chi connectivity index (χ4n) is 1.33. The highest BCUT2D eigenvalue weighted by Gasteiger charge is 2.24. The Morgan fingerprint density at radius 2 is 2.00 bits per heavy atom. The normalized spacial score (nSPS) is 13.8. The molecule has 0 spiro atoms. The largest absolute Gasteiger partial charge is 0.465 e. The molecule has 4 N–H and O–H groups in total. The van der Waals surface area contributed by atoms with E-state index in [1.54, 1.807) is 0 Å². The number of methoxy groups -OCH3 is 1. The summed E-state index contributed by atoms with van der Waals surface area (Å²) < 4.78 is 4.49. The third-order valence-corrected chi connectivity index (χ3v) is 2.64. The molecule has 7 heteroatoms. The van der Waals surface area contributed by atoms with E-state index in [4.69, 9.17) is 17.3 Å². The predicted octanol–water partition coefficient (Wildman–Crippen LogP) is 0.00620. The van der Waals surface area contributed by atoms with Crippen LogP contribution in [0, 0.1) is 0 Å². The maximum absolute atomic E-state index is 11.3. The molecule has 0 radical (unpaired) electrons. The van der Waals surface area contributed by atoms with Crippen LogP contribution in [0.5, 0.6) is 0 Å². The minimum absolute atomic E-state index is 0.0371. The van der Waals surface area contributed by atoms with Gasteiger partial charge in [-0.25, -0.2) is 4.79 Å². The zero-order valence-electron chi connectivity index (χ0n) is 9.46. The summed E-state index contributed by atoms with van der Waals surface area (Å²) in [5.41, 5.74) is 5.14. The van der Waals surface area contributed by atoms with Crippen LogP contribution in [0.3, 0.4) is 0 Å². The zero-order valence-corrected chi connectivity index (χ0v) is 10.2. The first kappa shape index (κ1) is 14.4. The monoisotopic (exact) mass is 273 g/mol. The van der Waals surface area contributed by atoms with Crippen molar-refractivity contribution in [2.75, 3.05) is 7.11 Å². The van der Waals surface area contributed by atoms with Crippen molar-refractivity contribution in [1.29, 1.82) is 0 Å². The molecule has 0 aliphatic heterocycles. The molecule has 18 heavy (non-hydrogen) atoms. The Bertz CT molecular complexity index is 477. The third-order valence-electron chi connectivity index (χ3n) is 2.33. The van der Waals surface area contributed by atoms with Crippen molar-refractivity contribution in [3.63, 3.8) is 0 Å². The number of carbonyl (C=O) groups is 2. The molecule has 0 saturated carbocycles. The molecule has 98 valence electrons. The summed E-state index contributed by atoms with van der Waals surface area (Å²) in [6, 6.07) is 3.92. The van der Waals surface area contributed by atoms with Crippen LogP contribution >= 0.6 is 11.6 Å². The van der Waals surface area contributed by atoms with Gasteiger partial charge in [0.25, 0.3) is 0 Å². The van der Waals surface area contributed by atoms with Crippen LogP contribution in [0.2, 0.25) is 5.02 Å². The maximum atomic E-state index is 11.3. The Hall–Kier alpha value is -1.63. The standard InChI is InChI=1S/C11H12ClNO5/c1-18-11(17)6-3-2-5(4-7(6)12)8(14)9(15)10(13)16/h2-4,8-9,14-15H,1H3,(H2,13,16). The van der Waals surface area contributed by atoms with Crippen molar-refractivity contribution in [3.8, 4) is 0 Å². The molecular weight excluding hydrogens is 262 g/mol. The van der Waals surface area contributed by atoms with Crippen molar-refractivity contribution in [1.82, 2.24) is 0 Å². The number of amides is 1.